The molecule has 2 rings (SSSR count). The van der Waals surface area contributed by atoms with Crippen LogP contribution < -0.4 is 0 Å². The summed E-state index contributed by atoms with van der Waals surface area (Å²) < 4.78 is 5.09. The standard InChI is InChI=1S/C8H14N4O/c1-8(2,3)12-10-7(9-11-12)4-6-5-13-6/h6H,4-5H2,1-3H3. The molecule has 0 amide bonds. The molecule has 1 unspecified atom stereocenters. The van der Waals surface area contributed by atoms with Crippen molar-refractivity contribution in [2.45, 2.75) is 38.8 Å². The van der Waals surface area contributed by atoms with Crippen LogP contribution in [0.1, 0.15) is 26.6 Å². The van der Waals surface area contributed by atoms with E-state index in [4.69, 9.17) is 4.74 Å². The maximum Gasteiger partial charge on any atom is 0.177 e. The fourth-order valence-electron chi connectivity index (χ4n) is 0.999. The Morgan fingerprint density at radius 2 is 2.23 bits per heavy atom. The van der Waals surface area contributed by atoms with Crippen LogP contribution in [0.15, 0.2) is 0 Å². The summed E-state index contributed by atoms with van der Waals surface area (Å²) >= 11 is 0. The smallest absolute Gasteiger partial charge is 0.177 e. The van der Waals surface area contributed by atoms with Crippen LogP contribution in [-0.4, -0.2) is 32.9 Å². The highest BCUT2D eigenvalue weighted by Crippen LogP contribution is 2.14. The summed E-state index contributed by atoms with van der Waals surface area (Å²) in [5.41, 5.74) is -0.0876. The van der Waals surface area contributed by atoms with Crippen LogP contribution in [0.5, 0.6) is 0 Å². The first-order valence-corrected chi connectivity index (χ1v) is 4.47. The fraction of sp³-hybridized carbons (Fsp3) is 0.875. The van der Waals surface area contributed by atoms with Gasteiger partial charge in [0.1, 0.15) is 0 Å². The molecule has 13 heavy (non-hydrogen) atoms. The Hall–Kier alpha value is -0.970. The Balaban J connectivity index is 2.08. The molecule has 5 heteroatoms. The van der Waals surface area contributed by atoms with Gasteiger partial charge in [0.2, 0.25) is 0 Å². The number of epoxide rings is 1. The van der Waals surface area contributed by atoms with Gasteiger partial charge in [0.15, 0.2) is 5.82 Å². The first kappa shape index (κ1) is 8.62. The minimum atomic E-state index is -0.0876. The molecule has 1 saturated heterocycles. The molecule has 0 radical (unpaired) electrons. The molecule has 2 heterocycles. The molecule has 0 N–H and O–H groups in total. The van der Waals surface area contributed by atoms with Crippen LogP contribution in [0.25, 0.3) is 0 Å². The first-order valence-electron chi connectivity index (χ1n) is 4.47. The van der Waals surface area contributed by atoms with Gasteiger partial charge in [-0.05, 0) is 26.0 Å². The van der Waals surface area contributed by atoms with Crippen molar-refractivity contribution in [3.8, 4) is 0 Å². The molecule has 1 aromatic heterocycles. The van der Waals surface area contributed by atoms with Crippen molar-refractivity contribution in [3.63, 3.8) is 0 Å². The van der Waals surface area contributed by atoms with Gasteiger partial charge in [0.25, 0.3) is 0 Å². The summed E-state index contributed by atoms with van der Waals surface area (Å²) in [5, 5.41) is 12.2. The monoisotopic (exact) mass is 182 g/mol. The molecule has 1 aliphatic heterocycles. The van der Waals surface area contributed by atoms with Gasteiger partial charge < -0.3 is 4.74 Å². The maximum absolute atomic E-state index is 5.09. The Bertz CT molecular complexity index is 297. The first-order chi connectivity index (χ1) is 6.05. The topological polar surface area (TPSA) is 56.1 Å². The number of hydrogen-bond acceptors (Lipinski definition) is 4. The minimum absolute atomic E-state index is 0.0876. The van der Waals surface area contributed by atoms with Crippen molar-refractivity contribution in [1.29, 1.82) is 0 Å². The molecule has 0 aliphatic carbocycles. The van der Waals surface area contributed by atoms with E-state index >= 15 is 0 Å². The quantitative estimate of drug-likeness (QED) is 0.620. The largest absolute Gasteiger partial charge is 0.373 e. The van der Waals surface area contributed by atoms with Crippen LogP contribution in [0.2, 0.25) is 0 Å². The molecule has 1 atom stereocenters. The average molecular weight is 182 g/mol. The molecule has 0 bridgehead atoms. The highest BCUT2D eigenvalue weighted by molar-refractivity contribution is 4.87. The molecule has 72 valence electrons. The summed E-state index contributed by atoms with van der Waals surface area (Å²) in [6.45, 7) is 6.98. The van der Waals surface area contributed by atoms with E-state index in [-0.39, 0.29) is 5.54 Å². The van der Waals surface area contributed by atoms with E-state index in [0.29, 0.717) is 6.10 Å². The zero-order chi connectivity index (χ0) is 9.47. The molecular weight excluding hydrogens is 168 g/mol. The lowest BCUT2D eigenvalue weighted by Gasteiger charge is -2.15. The number of hydrogen-bond donors (Lipinski definition) is 0. The van der Waals surface area contributed by atoms with E-state index in [1.54, 1.807) is 4.80 Å². The second-order valence-electron chi connectivity index (χ2n) is 4.33. The normalized spacial score (nSPS) is 21.9. The number of ether oxygens (including phenoxy) is 1. The number of rotatable bonds is 2. The number of aromatic nitrogens is 4. The zero-order valence-electron chi connectivity index (χ0n) is 8.19. The van der Waals surface area contributed by atoms with E-state index in [1.807, 2.05) is 20.8 Å². The summed E-state index contributed by atoms with van der Waals surface area (Å²) in [5.74, 6) is 0.775. The van der Waals surface area contributed by atoms with Crippen molar-refractivity contribution in [1.82, 2.24) is 20.2 Å². The fourth-order valence-corrected chi connectivity index (χ4v) is 0.999. The molecule has 5 nitrogen and oxygen atoms in total. The number of tetrazole rings is 1. The van der Waals surface area contributed by atoms with Crippen molar-refractivity contribution >= 4 is 0 Å². The third-order valence-electron chi connectivity index (χ3n) is 1.87. The molecule has 1 fully saturated rings. The van der Waals surface area contributed by atoms with E-state index in [1.165, 1.54) is 0 Å². The predicted octanol–water partition coefficient (Wildman–Crippen LogP) is 0.369. The van der Waals surface area contributed by atoms with Crippen LogP contribution >= 0.6 is 0 Å². The van der Waals surface area contributed by atoms with E-state index < -0.39 is 0 Å². The summed E-state index contributed by atoms with van der Waals surface area (Å²) in [6, 6.07) is 0. The van der Waals surface area contributed by atoms with E-state index in [2.05, 4.69) is 15.4 Å². The van der Waals surface area contributed by atoms with Crippen LogP contribution in [0, 0.1) is 0 Å². The van der Waals surface area contributed by atoms with Crippen molar-refractivity contribution in [3.05, 3.63) is 5.82 Å². The van der Waals surface area contributed by atoms with E-state index in [0.717, 1.165) is 18.9 Å². The van der Waals surface area contributed by atoms with Gasteiger partial charge in [-0.15, -0.1) is 10.2 Å². The number of nitrogens with zero attached hydrogens (tertiary/aromatic N) is 4. The van der Waals surface area contributed by atoms with Gasteiger partial charge in [-0.3, -0.25) is 0 Å². The Morgan fingerprint density at radius 1 is 1.54 bits per heavy atom. The Kier molecular flexibility index (Phi) is 1.83. The molecule has 0 saturated carbocycles. The van der Waals surface area contributed by atoms with Gasteiger partial charge in [-0.25, -0.2) is 0 Å². The predicted molar refractivity (Wildman–Crippen MR) is 46.3 cm³/mol. The lowest BCUT2D eigenvalue weighted by atomic mass is 10.1. The summed E-state index contributed by atoms with van der Waals surface area (Å²) in [7, 11) is 0. The molecule has 0 aromatic carbocycles. The van der Waals surface area contributed by atoms with Crippen molar-refractivity contribution < 1.29 is 4.74 Å². The molecular formula is C8H14N4O. The lowest BCUT2D eigenvalue weighted by molar-refractivity contribution is 0.305. The Morgan fingerprint density at radius 3 is 2.69 bits per heavy atom. The highest BCUT2D eigenvalue weighted by Gasteiger charge is 2.26. The van der Waals surface area contributed by atoms with Gasteiger partial charge in [0, 0.05) is 6.42 Å². The van der Waals surface area contributed by atoms with Crippen molar-refractivity contribution in [2.24, 2.45) is 0 Å². The highest BCUT2D eigenvalue weighted by atomic mass is 16.6. The van der Waals surface area contributed by atoms with Gasteiger partial charge in [-0.1, -0.05) is 0 Å². The lowest BCUT2D eigenvalue weighted by Crippen LogP contribution is -2.24. The summed E-state index contributed by atoms with van der Waals surface area (Å²) in [6.07, 6.45) is 1.12. The Labute approximate surface area is 77.1 Å². The second kappa shape index (κ2) is 2.77. The maximum atomic E-state index is 5.09. The SMILES string of the molecule is CC(C)(C)n1nnc(CC2CO2)n1. The minimum Gasteiger partial charge on any atom is -0.373 e. The van der Waals surface area contributed by atoms with Gasteiger partial charge in [-0.2, -0.15) is 4.80 Å². The van der Waals surface area contributed by atoms with Gasteiger partial charge in [0.05, 0.1) is 18.2 Å². The van der Waals surface area contributed by atoms with E-state index in [9.17, 15) is 0 Å². The second-order valence-corrected chi connectivity index (χ2v) is 4.33. The van der Waals surface area contributed by atoms with Gasteiger partial charge >= 0.3 is 0 Å². The third kappa shape index (κ3) is 2.03. The molecule has 1 aromatic rings. The molecule has 1 aliphatic rings. The van der Waals surface area contributed by atoms with Crippen molar-refractivity contribution in [2.75, 3.05) is 6.61 Å². The van der Waals surface area contributed by atoms with Crippen LogP contribution in [0.4, 0.5) is 0 Å². The molecule has 0 spiro atoms. The average Bonchev–Trinajstić information content (AvgIpc) is 2.63. The zero-order valence-corrected chi connectivity index (χ0v) is 8.19. The van der Waals surface area contributed by atoms with Crippen LogP contribution in [0.3, 0.4) is 0 Å². The summed E-state index contributed by atoms with van der Waals surface area (Å²) in [4.78, 5) is 1.64. The third-order valence-corrected chi connectivity index (χ3v) is 1.87. The van der Waals surface area contributed by atoms with Crippen LogP contribution in [-0.2, 0) is 16.7 Å².